The van der Waals surface area contributed by atoms with Gasteiger partial charge in [-0.05, 0) is 36.6 Å². The maximum absolute atomic E-state index is 12.8. The van der Waals surface area contributed by atoms with Crippen LogP contribution in [-0.4, -0.2) is 24.6 Å². The van der Waals surface area contributed by atoms with Crippen LogP contribution in [-0.2, 0) is 25.4 Å². The molecule has 0 spiro atoms. The number of nitrogens with zero attached hydrogens (tertiary/aromatic N) is 4. The van der Waals surface area contributed by atoms with E-state index in [1.807, 2.05) is 0 Å². The number of imidazole rings is 1. The first kappa shape index (κ1) is 20.4. The van der Waals surface area contributed by atoms with Gasteiger partial charge in [0.05, 0.1) is 0 Å². The van der Waals surface area contributed by atoms with E-state index in [0.29, 0.717) is 29.4 Å². The molecule has 0 saturated carbocycles. The topological polar surface area (TPSA) is 100 Å². The second kappa shape index (κ2) is 7.94. The SMILES string of the molecule is CC(=O)Nc1ccc(Oc2nc3c(c(=O)n(C)c(=O)n3C)n2CCC(C)C)cc1. The van der Waals surface area contributed by atoms with Crippen LogP contribution in [0.5, 0.6) is 11.8 Å². The maximum atomic E-state index is 12.8. The van der Waals surface area contributed by atoms with Gasteiger partial charge in [0.25, 0.3) is 5.56 Å². The second-order valence-electron chi connectivity index (χ2n) is 7.41. The van der Waals surface area contributed by atoms with Crippen molar-refractivity contribution >= 4 is 22.8 Å². The van der Waals surface area contributed by atoms with Gasteiger partial charge in [-0.25, -0.2) is 4.79 Å². The Hall–Kier alpha value is -3.36. The molecule has 2 heterocycles. The summed E-state index contributed by atoms with van der Waals surface area (Å²) in [6.07, 6.45) is 0.815. The Bertz CT molecular complexity index is 1170. The molecule has 3 aromatic rings. The van der Waals surface area contributed by atoms with E-state index < -0.39 is 11.2 Å². The first-order valence-electron chi connectivity index (χ1n) is 9.40. The molecule has 0 aliphatic rings. The largest absolute Gasteiger partial charge is 0.425 e. The highest BCUT2D eigenvalue weighted by atomic mass is 16.5. The van der Waals surface area contributed by atoms with Crippen molar-refractivity contribution in [2.24, 2.45) is 20.0 Å². The van der Waals surface area contributed by atoms with Crippen LogP contribution in [0.3, 0.4) is 0 Å². The number of carbonyl (C=O) groups is 1. The van der Waals surface area contributed by atoms with E-state index in [1.54, 1.807) is 35.9 Å². The lowest BCUT2D eigenvalue weighted by Crippen LogP contribution is -2.37. The summed E-state index contributed by atoms with van der Waals surface area (Å²) in [5, 5.41) is 2.69. The zero-order chi connectivity index (χ0) is 21.3. The number of anilines is 1. The molecule has 0 fully saturated rings. The number of nitrogens with one attached hydrogen (secondary N) is 1. The second-order valence-corrected chi connectivity index (χ2v) is 7.41. The fraction of sp³-hybridized carbons (Fsp3) is 0.400. The van der Waals surface area contributed by atoms with Gasteiger partial charge in [-0.1, -0.05) is 13.8 Å². The van der Waals surface area contributed by atoms with Crippen LogP contribution >= 0.6 is 0 Å². The number of ether oxygens (including phenoxy) is 1. The Morgan fingerprint density at radius 2 is 1.79 bits per heavy atom. The summed E-state index contributed by atoms with van der Waals surface area (Å²) >= 11 is 0. The minimum atomic E-state index is -0.442. The molecule has 0 atom stereocenters. The molecule has 1 aromatic carbocycles. The van der Waals surface area contributed by atoms with Crippen LogP contribution in [0.15, 0.2) is 33.9 Å². The average molecular weight is 399 g/mol. The molecule has 0 unspecified atom stereocenters. The highest BCUT2D eigenvalue weighted by Crippen LogP contribution is 2.26. The fourth-order valence-corrected chi connectivity index (χ4v) is 3.01. The van der Waals surface area contributed by atoms with Crippen molar-refractivity contribution in [3.8, 4) is 11.8 Å². The highest BCUT2D eigenvalue weighted by Gasteiger charge is 2.20. The lowest BCUT2D eigenvalue weighted by atomic mass is 10.1. The average Bonchev–Trinajstić information content (AvgIpc) is 3.02. The molecular weight excluding hydrogens is 374 g/mol. The number of benzene rings is 1. The summed E-state index contributed by atoms with van der Waals surface area (Å²) in [6, 6.07) is 7.08. The minimum Gasteiger partial charge on any atom is -0.425 e. The van der Waals surface area contributed by atoms with Gasteiger partial charge in [-0.3, -0.25) is 23.3 Å². The molecule has 0 radical (unpaired) electrons. The maximum Gasteiger partial charge on any atom is 0.332 e. The van der Waals surface area contributed by atoms with E-state index in [2.05, 4.69) is 24.1 Å². The number of hydrogen-bond acceptors (Lipinski definition) is 5. The normalized spacial score (nSPS) is 11.2. The Kier molecular flexibility index (Phi) is 5.58. The molecule has 1 N–H and O–H groups in total. The number of amides is 1. The summed E-state index contributed by atoms with van der Waals surface area (Å²) in [6.45, 7) is 6.15. The Morgan fingerprint density at radius 3 is 2.38 bits per heavy atom. The minimum absolute atomic E-state index is 0.161. The number of carbonyl (C=O) groups excluding carboxylic acids is 1. The summed E-state index contributed by atoms with van der Waals surface area (Å²) in [7, 11) is 3.03. The van der Waals surface area contributed by atoms with Crippen LogP contribution in [0.4, 0.5) is 5.69 Å². The summed E-state index contributed by atoms with van der Waals surface area (Å²) in [4.78, 5) is 40.7. The monoisotopic (exact) mass is 399 g/mol. The van der Waals surface area contributed by atoms with Gasteiger partial charge >= 0.3 is 11.7 Å². The molecule has 0 aliphatic heterocycles. The Morgan fingerprint density at radius 1 is 1.14 bits per heavy atom. The zero-order valence-electron chi connectivity index (χ0n) is 17.2. The van der Waals surface area contributed by atoms with Crippen LogP contribution < -0.4 is 21.3 Å². The molecule has 1 amide bonds. The smallest absolute Gasteiger partial charge is 0.332 e. The molecule has 3 rings (SSSR count). The molecule has 0 bridgehead atoms. The van der Waals surface area contributed by atoms with E-state index >= 15 is 0 Å². The summed E-state index contributed by atoms with van der Waals surface area (Å²) < 4.78 is 10.1. The van der Waals surface area contributed by atoms with Gasteiger partial charge in [-0.2, -0.15) is 4.98 Å². The fourth-order valence-electron chi connectivity index (χ4n) is 3.01. The van der Waals surface area contributed by atoms with Gasteiger partial charge in [0, 0.05) is 33.3 Å². The quantitative estimate of drug-likeness (QED) is 0.685. The van der Waals surface area contributed by atoms with Gasteiger partial charge in [0.1, 0.15) is 5.75 Å². The van der Waals surface area contributed by atoms with Gasteiger partial charge < -0.3 is 10.1 Å². The van der Waals surface area contributed by atoms with E-state index in [4.69, 9.17) is 4.74 Å². The predicted molar refractivity (Wildman–Crippen MR) is 110 cm³/mol. The summed E-state index contributed by atoms with van der Waals surface area (Å²) in [5.41, 5.74) is 0.415. The molecule has 0 aliphatic carbocycles. The van der Waals surface area contributed by atoms with Crippen LogP contribution in [0.2, 0.25) is 0 Å². The van der Waals surface area contributed by atoms with Crippen molar-refractivity contribution in [2.75, 3.05) is 5.32 Å². The molecule has 9 nitrogen and oxygen atoms in total. The molecule has 2 aromatic heterocycles. The number of aryl methyl sites for hydroxylation is 2. The van der Waals surface area contributed by atoms with E-state index in [0.717, 1.165) is 11.0 Å². The van der Waals surface area contributed by atoms with E-state index in [1.165, 1.54) is 18.5 Å². The first-order chi connectivity index (χ1) is 13.7. The number of hydrogen-bond donors (Lipinski definition) is 1. The molecule has 9 heteroatoms. The Balaban J connectivity index is 2.08. The first-order valence-corrected chi connectivity index (χ1v) is 9.40. The van der Waals surface area contributed by atoms with Crippen LogP contribution in [0.1, 0.15) is 27.2 Å². The lowest BCUT2D eigenvalue weighted by molar-refractivity contribution is -0.114. The van der Waals surface area contributed by atoms with Crippen molar-refractivity contribution in [1.82, 2.24) is 18.7 Å². The van der Waals surface area contributed by atoms with E-state index in [9.17, 15) is 14.4 Å². The Labute approximate surface area is 167 Å². The van der Waals surface area contributed by atoms with Crippen molar-refractivity contribution in [2.45, 2.75) is 33.7 Å². The lowest BCUT2D eigenvalue weighted by Gasteiger charge is -2.11. The highest BCUT2D eigenvalue weighted by molar-refractivity contribution is 5.88. The predicted octanol–water partition coefficient (Wildman–Crippen LogP) is 2.23. The van der Waals surface area contributed by atoms with Crippen LogP contribution in [0.25, 0.3) is 11.2 Å². The molecular formula is C20H25N5O4. The number of aromatic nitrogens is 4. The summed E-state index contributed by atoms with van der Waals surface area (Å²) in [5.74, 6) is 0.751. The molecule has 0 saturated heterocycles. The number of rotatable bonds is 6. The third-order valence-electron chi connectivity index (χ3n) is 4.63. The third kappa shape index (κ3) is 4.08. The van der Waals surface area contributed by atoms with Crippen molar-refractivity contribution < 1.29 is 9.53 Å². The van der Waals surface area contributed by atoms with Gasteiger partial charge in [0.15, 0.2) is 11.2 Å². The van der Waals surface area contributed by atoms with Crippen molar-refractivity contribution in [1.29, 1.82) is 0 Å². The van der Waals surface area contributed by atoms with Crippen molar-refractivity contribution in [3.05, 3.63) is 45.1 Å². The third-order valence-corrected chi connectivity index (χ3v) is 4.63. The standard InChI is InChI=1S/C20H25N5O4/c1-12(2)10-11-25-16-17(23(4)20(28)24(5)18(16)27)22-19(25)29-15-8-6-14(7-9-15)21-13(3)26/h6-9,12H,10-11H2,1-5H3,(H,21,26). The molecule has 29 heavy (non-hydrogen) atoms. The van der Waals surface area contributed by atoms with Crippen LogP contribution in [0, 0.1) is 5.92 Å². The van der Waals surface area contributed by atoms with Gasteiger partial charge in [0.2, 0.25) is 5.91 Å². The van der Waals surface area contributed by atoms with Gasteiger partial charge in [-0.15, -0.1) is 0 Å². The van der Waals surface area contributed by atoms with Crippen molar-refractivity contribution in [3.63, 3.8) is 0 Å². The molecule has 154 valence electrons. The number of fused-ring (bicyclic) bond motifs is 1. The zero-order valence-corrected chi connectivity index (χ0v) is 17.2. The van der Waals surface area contributed by atoms with E-state index in [-0.39, 0.29) is 17.6 Å².